The van der Waals surface area contributed by atoms with Gasteiger partial charge in [0.05, 0.1) is 0 Å². The van der Waals surface area contributed by atoms with Crippen molar-refractivity contribution in [3.8, 4) is 0 Å². The standard InChI is InChI=1S/C18H29NO3/c1-3-4-5-6-7-8-9-10-11-12-17(20)15-13-16(18(21)22)19(2)14-15/h13-14H,3-12H2,1-2H3,(H,21,22). The topological polar surface area (TPSA) is 59.3 Å². The SMILES string of the molecule is CCCCCCCCCCCC(=O)c1cc(C(=O)O)n(C)c1. The number of carbonyl (C=O) groups is 2. The van der Waals surface area contributed by atoms with Crippen LogP contribution in [-0.2, 0) is 7.05 Å². The summed E-state index contributed by atoms with van der Waals surface area (Å²) < 4.78 is 1.49. The molecule has 22 heavy (non-hydrogen) atoms. The smallest absolute Gasteiger partial charge is 0.352 e. The summed E-state index contributed by atoms with van der Waals surface area (Å²) in [6.07, 6.45) is 13.1. The molecule has 4 nitrogen and oxygen atoms in total. The lowest BCUT2D eigenvalue weighted by atomic mass is 10.0. The summed E-state index contributed by atoms with van der Waals surface area (Å²) in [5.41, 5.74) is 0.676. The number of aromatic nitrogens is 1. The zero-order valence-electron chi connectivity index (χ0n) is 13.9. The molecule has 0 unspecified atom stereocenters. The Hall–Kier alpha value is -1.58. The van der Waals surface area contributed by atoms with Crippen LogP contribution in [0, 0.1) is 0 Å². The number of rotatable bonds is 12. The second-order valence-electron chi connectivity index (χ2n) is 6.03. The zero-order valence-corrected chi connectivity index (χ0v) is 13.9. The summed E-state index contributed by atoms with van der Waals surface area (Å²) in [5, 5.41) is 8.98. The summed E-state index contributed by atoms with van der Waals surface area (Å²) in [7, 11) is 1.65. The van der Waals surface area contributed by atoms with E-state index in [1.54, 1.807) is 13.2 Å². The Morgan fingerprint density at radius 2 is 1.55 bits per heavy atom. The van der Waals surface area contributed by atoms with Crippen LogP contribution in [0.1, 0.15) is 92.0 Å². The first-order chi connectivity index (χ1) is 10.6. The first kappa shape index (κ1) is 18.5. The van der Waals surface area contributed by atoms with Crippen LogP contribution >= 0.6 is 0 Å². The van der Waals surface area contributed by atoms with Gasteiger partial charge in [-0.25, -0.2) is 4.79 Å². The molecule has 1 rings (SSSR count). The van der Waals surface area contributed by atoms with Crippen LogP contribution in [0.4, 0.5) is 0 Å². The highest BCUT2D eigenvalue weighted by Crippen LogP contribution is 2.14. The molecule has 0 radical (unpaired) electrons. The van der Waals surface area contributed by atoms with E-state index in [1.807, 2.05) is 0 Å². The van der Waals surface area contributed by atoms with Crippen molar-refractivity contribution in [3.05, 3.63) is 23.5 Å². The molecule has 0 spiro atoms. The first-order valence-corrected chi connectivity index (χ1v) is 8.49. The van der Waals surface area contributed by atoms with Crippen molar-refractivity contribution in [2.45, 2.75) is 71.1 Å². The van der Waals surface area contributed by atoms with E-state index in [-0.39, 0.29) is 11.5 Å². The molecular formula is C18H29NO3. The number of hydrogen-bond acceptors (Lipinski definition) is 2. The van der Waals surface area contributed by atoms with Crippen molar-refractivity contribution < 1.29 is 14.7 Å². The lowest BCUT2D eigenvalue weighted by molar-refractivity contribution is 0.0686. The van der Waals surface area contributed by atoms with E-state index in [4.69, 9.17) is 5.11 Å². The van der Waals surface area contributed by atoms with E-state index >= 15 is 0 Å². The van der Waals surface area contributed by atoms with Crippen molar-refractivity contribution in [1.29, 1.82) is 0 Å². The molecule has 0 aliphatic heterocycles. The van der Waals surface area contributed by atoms with E-state index in [0.29, 0.717) is 12.0 Å². The monoisotopic (exact) mass is 307 g/mol. The molecule has 1 N–H and O–H groups in total. The van der Waals surface area contributed by atoms with Crippen LogP contribution in [-0.4, -0.2) is 21.4 Å². The maximum absolute atomic E-state index is 12.0. The van der Waals surface area contributed by atoms with Gasteiger partial charge in [0.25, 0.3) is 0 Å². The van der Waals surface area contributed by atoms with Gasteiger partial charge >= 0.3 is 5.97 Å². The maximum atomic E-state index is 12.0. The van der Waals surface area contributed by atoms with Gasteiger partial charge in [0.1, 0.15) is 5.69 Å². The van der Waals surface area contributed by atoms with E-state index in [0.717, 1.165) is 12.8 Å². The largest absolute Gasteiger partial charge is 0.477 e. The number of aromatic carboxylic acids is 1. The third-order valence-corrected chi connectivity index (χ3v) is 4.05. The minimum atomic E-state index is -0.996. The molecule has 0 saturated heterocycles. The Balaban J connectivity index is 2.16. The van der Waals surface area contributed by atoms with Crippen LogP contribution < -0.4 is 0 Å². The molecule has 0 atom stereocenters. The molecule has 0 bridgehead atoms. The first-order valence-electron chi connectivity index (χ1n) is 8.49. The van der Waals surface area contributed by atoms with E-state index in [9.17, 15) is 9.59 Å². The summed E-state index contributed by atoms with van der Waals surface area (Å²) in [5.74, 6) is -0.948. The fourth-order valence-electron chi connectivity index (χ4n) is 2.67. The highest BCUT2D eigenvalue weighted by molar-refractivity contribution is 5.98. The lowest BCUT2D eigenvalue weighted by Crippen LogP contribution is -2.02. The number of Topliss-reactive ketones (excluding diaryl/α,β-unsaturated/α-hetero) is 1. The van der Waals surface area contributed by atoms with Crippen molar-refractivity contribution >= 4 is 11.8 Å². The Kier molecular flexibility index (Phi) is 8.56. The highest BCUT2D eigenvalue weighted by Gasteiger charge is 2.14. The Labute approximate surface area is 133 Å². The Morgan fingerprint density at radius 1 is 1.00 bits per heavy atom. The fraction of sp³-hybridized carbons (Fsp3) is 0.667. The van der Waals surface area contributed by atoms with E-state index < -0.39 is 5.97 Å². The Morgan fingerprint density at radius 3 is 2.05 bits per heavy atom. The van der Waals surface area contributed by atoms with Crippen LogP contribution in [0.5, 0.6) is 0 Å². The molecule has 1 aromatic heterocycles. The number of ketones is 1. The quantitative estimate of drug-likeness (QED) is 0.444. The Bertz CT molecular complexity index is 477. The summed E-state index contributed by atoms with van der Waals surface area (Å²) in [4.78, 5) is 23.0. The molecule has 124 valence electrons. The highest BCUT2D eigenvalue weighted by atomic mass is 16.4. The second-order valence-corrected chi connectivity index (χ2v) is 6.03. The van der Waals surface area contributed by atoms with Crippen molar-refractivity contribution in [1.82, 2.24) is 4.57 Å². The van der Waals surface area contributed by atoms with Gasteiger partial charge < -0.3 is 9.67 Å². The van der Waals surface area contributed by atoms with Gasteiger partial charge in [-0.3, -0.25) is 4.79 Å². The molecule has 0 saturated carbocycles. The van der Waals surface area contributed by atoms with E-state index in [1.165, 1.54) is 55.6 Å². The predicted octanol–water partition coefficient (Wildman–Crippen LogP) is 4.83. The molecular weight excluding hydrogens is 278 g/mol. The number of hydrogen-bond donors (Lipinski definition) is 1. The minimum absolute atomic E-state index is 0.0473. The third kappa shape index (κ3) is 6.46. The lowest BCUT2D eigenvalue weighted by Gasteiger charge is -2.01. The van der Waals surface area contributed by atoms with Gasteiger partial charge in [-0.15, -0.1) is 0 Å². The molecule has 0 aliphatic rings. The normalized spacial score (nSPS) is 10.8. The molecule has 0 aromatic carbocycles. The number of unbranched alkanes of at least 4 members (excludes halogenated alkanes) is 8. The number of nitrogens with zero attached hydrogens (tertiary/aromatic N) is 1. The molecule has 1 heterocycles. The van der Waals surface area contributed by atoms with Crippen molar-refractivity contribution in [2.24, 2.45) is 7.05 Å². The van der Waals surface area contributed by atoms with Gasteiger partial charge in [-0.05, 0) is 12.5 Å². The fourth-order valence-corrected chi connectivity index (χ4v) is 2.67. The minimum Gasteiger partial charge on any atom is -0.477 e. The summed E-state index contributed by atoms with van der Waals surface area (Å²) >= 11 is 0. The van der Waals surface area contributed by atoms with Crippen LogP contribution in [0.25, 0.3) is 0 Å². The van der Waals surface area contributed by atoms with Gasteiger partial charge in [0.2, 0.25) is 0 Å². The molecule has 4 heteroatoms. The number of aryl methyl sites for hydroxylation is 1. The van der Waals surface area contributed by atoms with Gasteiger partial charge in [-0.2, -0.15) is 0 Å². The summed E-state index contributed by atoms with van der Waals surface area (Å²) in [6, 6.07) is 1.47. The van der Waals surface area contributed by atoms with Crippen LogP contribution in [0.15, 0.2) is 12.3 Å². The maximum Gasteiger partial charge on any atom is 0.352 e. The zero-order chi connectivity index (χ0) is 16.4. The van der Waals surface area contributed by atoms with Gasteiger partial charge in [0, 0.05) is 25.2 Å². The number of carboxylic acid groups (broad SMARTS) is 1. The molecule has 0 amide bonds. The molecule has 0 fully saturated rings. The van der Waals surface area contributed by atoms with Crippen LogP contribution in [0.2, 0.25) is 0 Å². The third-order valence-electron chi connectivity index (χ3n) is 4.05. The van der Waals surface area contributed by atoms with Crippen LogP contribution in [0.3, 0.4) is 0 Å². The molecule has 1 aromatic rings. The van der Waals surface area contributed by atoms with Crippen molar-refractivity contribution in [3.63, 3.8) is 0 Å². The van der Waals surface area contributed by atoms with Gasteiger partial charge in [0.15, 0.2) is 5.78 Å². The molecule has 0 aliphatic carbocycles. The van der Waals surface area contributed by atoms with Gasteiger partial charge in [-0.1, -0.05) is 58.3 Å². The number of carboxylic acids is 1. The average molecular weight is 307 g/mol. The summed E-state index contributed by atoms with van der Waals surface area (Å²) in [6.45, 7) is 2.23. The second kappa shape index (κ2) is 10.2. The van der Waals surface area contributed by atoms with Crippen molar-refractivity contribution in [2.75, 3.05) is 0 Å². The average Bonchev–Trinajstić information content (AvgIpc) is 2.87. The number of carbonyl (C=O) groups excluding carboxylic acids is 1. The van der Waals surface area contributed by atoms with E-state index in [2.05, 4.69) is 6.92 Å². The predicted molar refractivity (Wildman–Crippen MR) is 88.5 cm³/mol.